The van der Waals surface area contributed by atoms with Gasteiger partial charge in [0.25, 0.3) is 11.7 Å². The van der Waals surface area contributed by atoms with Gasteiger partial charge in [-0.2, -0.15) is 0 Å². The van der Waals surface area contributed by atoms with E-state index >= 15 is 0 Å². The third kappa shape index (κ3) is 8.54. The average molecular weight is 775 g/mol. The molecular formula is C39H39FN4O10S. The molecule has 0 radical (unpaired) electrons. The highest BCUT2D eigenvalue weighted by atomic mass is 32.2. The van der Waals surface area contributed by atoms with Gasteiger partial charge in [0.15, 0.2) is 0 Å². The van der Waals surface area contributed by atoms with E-state index in [0.717, 1.165) is 29.5 Å². The van der Waals surface area contributed by atoms with Gasteiger partial charge in [0, 0.05) is 42.2 Å². The van der Waals surface area contributed by atoms with E-state index in [4.69, 9.17) is 4.42 Å². The average Bonchev–Trinajstić information content (AvgIpc) is 4.10. The number of nitrogens with one attached hydrogen (secondary N) is 3. The van der Waals surface area contributed by atoms with Crippen LogP contribution < -0.4 is 20.3 Å². The Morgan fingerprint density at radius 2 is 1.76 bits per heavy atom. The van der Waals surface area contributed by atoms with Crippen LogP contribution in [0.25, 0.3) is 28.1 Å². The summed E-state index contributed by atoms with van der Waals surface area (Å²) in [6.45, 7) is 0.886. The van der Waals surface area contributed by atoms with Gasteiger partial charge >= 0.3 is 5.97 Å². The summed E-state index contributed by atoms with van der Waals surface area (Å²) in [5, 5.41) is 18.9. The highest BCUT2D eigenvalue weighted by Crippen LogP contribution is 2.48. The molecule has 0 atom stereocenters. The van der Waals surface area contributed by atoms with Crippen LogP contribution >= 0.6 is 0 Å². The number of sulfonamides is 1. The summed E-state index contributed by atoms with van der Waals surface area (Å²) in [6, 6.07) is 14.9. The van der Waals surface area contributed by atoms with Crippen molar-refractivity contribution in [3.8, 4) is 11.3 Å². The number of ketones is 1. The van der Waals surface area contributed by atoms with Gasteiger partial charge in [-0.15, -0.1) is 0 Å². The zero-order chi connectivity index (χ0) is 39.7. The summed E-state index contributed by atoms with van der Waals surface area (Å²) in [4.78, 5) is 63.7. The lowest BCUT2D eigenvalue weighted by Crippen LogP contribution is -2.52. The molecule has 3 amide bonds. The number of esters is 1. The lowest BCUT2D eigenvalue weighted by atomic mass is 10.0. The summed E-state index contributed by atoms with van der Waals surface area (Å²) in [6.07, 6.45) is 3.85. The molecule has 2 aliphatic carbocycles. The van der Waals surface area contributed by atoms with Crippen molar-refractivity contribution in [3.05, 3.63) is 94.8 Å². The highest BCUT2D eigenvalue weighted by molar-refractivity contribution is 7.92. The van der Waals surface area contributed by atoms with Crippen molar-refractivity contribution in [1.29, 1.82) is 0 Å². The maximum Gasteiger partial charge on any atom is 0.379 e. The minimum absolute atomic E-state index is 0.000435. The first-order chi connectivity index (χ1) is 26.1. The Kier molecular flexibility index (Phi) is 10.8. The van der Waals surface area contributed by atoms with Crippen molar-refractivity contribution in [2.75, 3.05) is 30.8 Å². The molecule has 2 aliphatic rings. The molecule has 288 valence electrons. The first-order valence-electron chi connectivity index (χ1n) is 17.5. The second-order valence-corrected chi connectivity index (χ2v) is 15.4. The molecule has 2 fully saturated rings. The molecule has 1 heterocycles. The van der Waals surface area contributed by atoms with Crippen molar-refractivity contribution < 1.29 is 51.0 Å². The number of amides is 3. The van der Waals surface area contributed by atoms with Crippen LogP contribution in [-0.2, 0) is 40.5 Å². The standard InChI is InChI=1S/C39H39FN4O10S/c1-4-53-37(49)31(46)19-30(45)25-7-5-6-22(16-25)20-42-38(50)39(14-15-39)43-33(47)21-44(55(3,51)52)29-18-32-28(17-27(29)23-8-9-23)34(36(48)41-2)35(54-32)24-10-12-26(40)13-11-24/h5-7,10-13,16-19,23,45H,4,8-9,14-15,20-21H2,1-3H3,(H,41,48)(H,42,50)(H,43,47). The van der Waals surface area contributed by atoms with Crippen LogP contribution in [0.15, 0.2) is 71.2 Å². The first-order valence-corrected chi connectivity index (χ1v) is 19.4. The highest BCUT2D eigenvalue weighted by Gasteiger charge is 2.51. The van der Waals surface area contributed by atoms with Crippen LogP contribution in [0, 0.1) is 5.82 Å². The molecule has 0 bridgehead atoms. The van der Waals surface area contributed by atoms with Crippen molar-refractivity contribution in [3.63, 3.8) is 0 Å². The SMILES string of the molecule is CCOC(=O)C(=O)C=C(O)c1cccc(CNC(=O)C2(NC(=O)CN(c3cc4oc(-c5ccc(F)cc5)c(C(=O)NC)c4cc3C3CC3)S(C)(=O)=O)CC2)c1. The molecule has 1 aromatic heterocycles. The quantitative estimate of drug-likeness (QED) is 0.0586. The molecule has 0 unspecified atom stereocenters. The number of nitrogens with zero attached hydrogens (tertiary/aromatic N) is 1. The van der Waals surface area contributed by atoms with Gasteiger partial charge < -0.3 is 30.2 Å². The number of halogens is 1. The lowest BCUT2D eigenvalue weighted by Gasteiger charge is -2.26. The number of benzene rings is 3. The second-order valence-electron chi connectivity index (χ2n) is 13.5. The Balaban J connectivity index is 1.21. The van der Waals surface area contributed by atoms with E-state index in [2.05, 4.69) is 20.7 Å². The van der Waals surface area contributed by atoms with Gasteiger partial charge in [0.2, 0.25) is 21.8 Å². The predicted octanol–water partition coefficient (Wildman–Crippen LogP) is 4.24. The van der Waals surface area contributed by atoms with Gasteiger partial charge in [-0.25, -0.2) is 17.6 Å². The molecule has 14 nitrogen and oxygen atoms in total. The van der Waals surface area contributed by atoms with E-state index in [1.165, 1.54) is 49.5 Å². The minimum atomic E-state index is -4.08. The molecule has 0 saturated heterocycles. The van der Waals surface area contributed by atoms with Crippen molar-refractivity contribution in [1.82, 2.24) is 16.0 Å². The number of rotatable bonds is 15. The summed E-state index contributed by atoms with van der Waals surface area (Å²) in [5.74, 6) is -4.63. The summed E-state index contributed by atoms with van der Waals surface area (Å²) in [5.41, 5.74) is 1.11. The Morgan fingerprint density at radius 1 is 1.05 bits per heavy atom. The molecule has 4 aromatic rings. The molecule has 3 aromatic carbocycles. The number of aliphatic hydroxyl groups excluding tert-OH is 1. The lowest BCUT2D eigenvalue weighted by molar-refractivity contribution is -0.151. The Hall–Kier alpha value is -6.03. The fourth-order valence-electron chi connectivity index (χ4n) is 6.25. The zero-order valence-electron chi connectivity index (χ0n) is 30.2. The molecule has 6 rings (SSSR count). The smallest absolute Gasteiger partial charge is 0.379 e. The fourth-order valence-corrected chi connectivity index (χ4v) is 7.12. The molecule has 4 N–H and O–H groups in total. The first kappa shape index (κ1) is 38.7. The van der Waals surface area contributed by atoms with E-state index in [1.807, 2.05) is 0 Å². The van der Waals surface area contributed by atoms with E-state index < -0.39 is 63.2 Å². The van der Waals surface area contributed by atoms with Crippen LogP contribution in [0.4, 0.5) is 10.1 Å². The van der Waals surface area contributed by atoms with Crippen LogP contribution in [0.5, 0.6) is 0 Å². The summed E-state index contributed by atoms with van der Waals surface area (Å²) in [7, 11) is -2.62. The third-order valence-corrected chi connectivity index (χ3v) is 10.5. The van der Waals surface area contributed by atoms with E-state index in [0.29, 0.717) is 34.9 Å². The van der Waals surface area contributed by atoms with Gasteiger partial charge in [0.05, 0.1) is 24.1 Å². The van der Waals surface area contributed by atoms with Crippen molar-refractivity contribution in [2.24, 2.45) is 0 Å². The van der Waals surface area contributed by atoms with Gasteiger partial charge in [-0.3, -0.25) is 23.5 Å². The van der Waals surface area contributed by atoms with E-state index in [9.17, 15) is 41.9 Å². The topological polar surface area (TPSA) is 201 Å². The van der Waals surface area contributed by atoms with Gasteiger partial charge in [0.1, 0.15) is 35.0 Å². The number of furan rings is 1. The van der Waals surface area contributed by atoms with Crippen LogP contribution in [0.3, 0.4) is 0 Å². The Bertz CT molecular complexity index is 2350. The zero-order valence-corrected chi connectivity index (χ0v) is 31.0. The number of carbonyl (C=O) groups excluding carboxylic acids is 5. The Labute approximate surface area is 315 Å². The van der Waals surface area contributed by atoms with Crippen LogP contribution in [0.2, 0.25) is 0 Å². The minimum Gasteiger partial charge on any atom is -0.507 e. The number of hydrogen-bond donors (Lipinski definition) is 4. The number of hydrogen-bond acceptors (Lipinski definition) is 10. The van der Waals surface area contributed by atoms with Crippen LogP contribution in [0.1, 0.15) is 65.6 Å². The summed E-state index contributed by atoms with van der Waals surface area (Å²) >= 11 is 0. The number of carbonyl (C=O) groups is 5. The molecule has 16 heteroatoms. The molecular weight excluding hydrogens is 736 g/mol. The van der Waals surface area contributed by atoms with Crippen molar-refractivity contribution in [2.45, 2.75) is 50.6 Å². The second kappa shape index (κ2) is 15.4. The molecule has 0 aliphatic heterocycles. The van der Waals surface area contributed by atoms with Crippen LogP contribution in [-0.4, -0.2) is 75.0 Å². The molecule has 0 spiro atoms. The normalized spacial score (nSPS) is 14.9. The monoisotopic (exact) mass is 774 g/mol. The Morgan fingerprint density at radius 3 is 2.38 bits per heavy atom. The molecule has 2 saturated carbocycles. The summed E-state index contributed by atoms with van der Waals surface area (Å²) < 4.78 is 52.1. The van der Waals surface area contributed by atoms with Gasteiger partial charge in [-0.05, 0) is 86.1 Å². The van der Waals surface area contributed by atoms with E-state index in [1.54, 1.807) is 25.1 Å². The number of ether oxygens (including phenoxy) is 1. The number of fused-ring (bicyclic) bond motifs is 1. The molecule has 55 heavy (non-hydrogen) atoms. The number of aliphatic hydroxyl groups is 1. The maximum absolute atomic E-state index is 13.7. The fraction of sp³-hybridized carbons (Fsp3) is 0.308. The predicted molar refractivity (Wildman–Crippen MR) is 200 cm³/mol. The maximum atomic E-state index is 13.7. The van der Waals surface area contributed by atoms with Gasteiger partial charge in [-0.1, -0.05) is 18.2 Å². The third-order valence-electron chi connectivity index (χ3n) is 9.35. The largest absolute Gasteiger partial charge is 0.507 e. The van der Waals surface area contributed by atoms with E-state index in [-0.39, 0.29) is 47.2 Å². The number of anilines is 1. The van der Waals surface area contributed by atoms with Crippen molar-refractivity contribution >= 4 is 61.9 Å².